The largest absolute Gasteiger partial charge is 0.494 e. The first-order valence-electron chi connectivity index (χ1n) is 6.35. The van der Waals surface area contributed by atoms with E-state index in [4.69, 9.17) is 9.47 Å². The molecule has 1 aliphatic rings. The molecule has 1 saturated heterocycles. The van der Waals surface area contributed by atoms with Gasteiger partial charge in [-0.25, -0.2) is 0 Å². The Bertz CT molecular complexity index is 361. The molecule has 18 heavy (non-hydrogen) atoms. The van der Waals surface area contributed by atoms with Crippen LogP contribution in [0.5, 0.6) is 5.75 Å². The van der Waals surface area contributed by atoms with Crippen LogP contribution in [0.2, 0.25) is 0 Å². The molecule has 1 aromatic carbocycles. The lowest BCUT2D eigenvalue weighted by Gasteiger charge is -2.26. The Morgan fingerprint density at radius 2 is 2.17 bits per heavy atom. The summed E-state index contributed by atoms with van der Waals surface area (Å²) in [5.74, 6) is 0.928. The minimum atomic E-state index is 0.254. The Labute approximate surface area is 117 Å². The van der Waals surface area contributed by atoms with Crippen LogP contribution in [0.25, 0.3) is 0 Å². The van der Waals surface area contributed by atoms with Crippen molar-refractivity contribution in [1.82, 2.24) is 5.32 Å². The second kappa shape index (κ2) is 6.55. The van der Waals surface area contributed by atoms with Gasteiger partial charge in [0.1, 0.15) is 5.75 Å². The summed E-state index contributed by atoms with van der Waals surface area (Å²) in [6, 6.07) is 7.97. The zero-order chi connectivity index (χ0) is 12.8. The van der Waals surface area contributed by atoms with Crippen molar-refractivity contribution in [3.05, 3.63) is 28.7 Å². The van der Waals surface area contributed by atoms with Crippen molar-refractivity contribution in [3.8, 4) is 5.75 Å². The van der Waals surface area contributed by atoms with E-state index in [9.17, 15) is 0 Å². The van der Waals surface area contributed by atoms with Gasteiger partial charge in [0.2, 0.25) is 0 Å². The first-order valence-corrected chi connectivity index (χ1v) is 7.14. The molecule has 1 aromatic rings. The highest BCUT2D eigenvalue weighted by Crippen LogP contribution is 2.31. The van der Waals surface area contributed by atoms with Gasteiger partial charge in [0.25, 0.3) is 0 Å². The minimum Gasteiger partial charge on any atom is -0.494 e. The van der Waals surface area contributed by atoms with E-state index in [1.807, 2.05) is 31.3 Å². The standard InChI is InChI=1S/C14H20BrNO2/c1-16-10-14(6-8-17-11-14)7-9-18-13-4-2-12(15)3-5-13/h2-5,16H,6-11H2,1H3. The van der Waals surface area contributed by atoms with Crippen LogP contribution < -0.4 is 10.1 Å². The van der Waals surface area contributed by atoms with E-state index in [1.165, 1.54) is 0 Å². The van der Waals surface area contributed by atoms with Crippen LogP contribution in [0.15, 0.2) is 28.7 Å². The minimum absolute atomic E-state index is 0.254. The van der Waals surface area contributed by atoms with Gasteiger partial charge >= 0.3 is 0 Å². The van der Waals surface area contributed by atoms with Gasteiger partial charge in [-0.2, -0.15) is 0 Å². The van der Waals surface area contributed by atoms with Gasteiger partial charge in [-0.15, -0.1) is 0 Å². The predicted molar refractivity (Wildman–Crippen MR) is 76.0 cm³/mol. The van der Waals surface area contributed by atoms with Crippen LogP contribution in [0.3, 0.4) is 0 Å². The van der Waals surface area contributed by atoms with E-state index >= 15 is 0 Å². The molecule has 4 heteroatoms. The van der Waals surface area contributed by atoms with Crippen LogP contribution in [0.4, 0.5) is 0 Å². The molecule has 0 aliphatic carbocycles. The lowest BCUT2D eigenvalue weighted by atomic mass is 9.84. The molecular formula is C14H20BrNO2. The zero-order valence-electron chi connectivity index (χ0n) is 10.7. The van der Waals surface area contributed by atoms with Crippen molar-refractivity contribution in [2.24, 2.45) is 5.41 Å². The summed E-state index contributed by atoms with van der Waals surface area (Å²) in [7, 11) is 2.00. The summed E-state index contributed by atoms with van der Waals surface area (Å²) in [4.78, 5) is 0. The van der Waals surface area contributed by atoms with Crippen LogP contribution in [0, 0.1) is 5.41 Å². The highest BCUT2D eigenvalue weighted by atomic mass is 79.9. The van der Waals surface area contributed by atoms with Crippen LogP contribution in [-0.2, 0) is 4.74 Å². The molecule has 1 heterocycles. The maximum atomic E-state index is 5.79. The molecule has 0 radical (unpaired) electrons. The molecule has 3 nitrogen and oxygen atoms in total. The average Bonchev–Trinajstić information content (AvgIpc) is 2.81. The van der Waals surface area contributed by atoms with Gasteiger partial charge in [-0.3, -0.25) is 0 Å². The van der Waals surface area contributed by atoms with Gasteiger partial charge < -0.3 is 14.8 Å². The third-order valence-corrected chi connectivity index (χ3v) is 3.98. The smallest absolute Gasteiger partial charge is 0.119 e. The van der Waals surface area contributed by atoms with E-state index in [2.05, 4.69) is 21.2 Å². The molecule has 0 bridgehead atoms. The molecule has 1 N–H and O–H groups in total. The monoisotopic (exact) mass is 313 g/mol. The van der Waals surface area contributed by atoms with Crippen LogP contribution in [-0.4, -0.2) is 33.4 Å². The number of halogens is 1. The lowest BCUT2D eigenvalue weighted by molar-refractivity contribution is 0.130. The topological polar surface area (TPSA) is 30.5 Å². The number of nitrogens with one attached hydrogen (secondary N) is 1. The van der Waals surface area contributed by atoms with E-state index in [1.54, 1.807) is 0 Å². The van der Waals surface area contributed by atoms with Gasteiger partial charge in [0.15, 0.2) is 0 Å². The van der Waals surface area contributed by atoms with E-state index in [0.717, 1.165) is 49.4 Å². The van der Waals surface area contributed by atoms with Gasteiger partial charge in [0.05, 0.1) is 13.2 Å². The lowest BCUT2D eigenvalue weighted by Crippen LogP contribution is -2.34. The Morgan fingerprint density at radius 3 is 2.78 bits per heavy atom. The molecule has 1 unspecified atom stereocenters. The third-order valence-electron chi connectivity index (χ3n) is 3.45. The Kier molecular flexibility index (Phi) is 5.03. The molecule has 0 saturated carbocycles. The molecule has 0 spiro atoms. The first kappa shape index (κ1) is 13.8. The van der Waals surface area contributed by atoms with Gasteiger partial charge in [-0.05, 0) is 44.2 Å². The summed E-state index contributed by atoms with van der Waals surface area (Å²) in [5.41, 5.74) is 0.254. The van der Waals surface area contributed by atoms with E-state index in [0.29, 0.717) is 0 Å². The van der Waals surface area contributed by atoms with Crippen molar-refractivity contribution in [1.29, 1.82) is 0 Å². The Hall–Kier alpha value is -0.580. The number of benzene rings is 1. The third kappa shape index (κ3) is 3.70. The highest BCUT2D eigenvalue weighted by molar-refractivity contribution is 9.10. The molecule has 100 valence electrons. The quantitative estimate of drug-likeness (QED) is 0.876. The van der Waals surface area contributed by atoms with Crippen molar-refractivity contribution < 1.29 is 9.47 Å². The number of hydrogen-bond donors (Lipinski definition) is 1. The second-order valence-electron chi connectivity index (χ2n) is 4.89. The van der Waals surface area contributed by atoms with Gasteiger partial charge in [-0.1, -0.05) is 15.9 Å². The second-order valence-corrected chi connectivity index (χ2v) is 5.80. The van der Waals surface area contributed by atoms with E-state index in [-0.39, 0.29) is 5.41 Å². The van der Waals surface area contributed by atoms with Crippen molar-refractivity contribution in [2.75, 3.05) is 33.4 Å². The Morgan fingerprint density at radius 1 is 1.39 bits per heavy atom. The predicted octanol–water partition coefficient (Wildman–Crippen LogP) is 2.84. The summed E-state index contributed by atoms with van der Waals surface area (Å²) in [6.07, 6.45) is 2.15. The normalized spacial score (nSPS) is 23.2. The van der Waals surface area contributed by atoms with Crippen molar-refractivity contribution in [3.63, 3.8) is 0 Å². The molecule has 1 fully saturated rings. The van der Waals surface area contributed by atoms with E-state index < -0.39 is 0 Å². The Balaban J connectivity index is 1.81. The van der Waals surface area contributed by atoms with Crippen molar-refractivity contribution in [2.45, 2.75) is 12.8 Å². The number of hydrogen-bond acceptors (Lipinski definition) is 3. The molecule has 1 atom stereocenters. The fourth-order valence-electron chi connectivity index (χ4n) is 2.37. The fourth-order valence-corrected chi connectivity index (χ4v) is 2.63. The maximum absolute atomic E-state index is 5.79. The summed E-state index contributed by atoms with van der Waals surface area (Å²) >= 11 is 3.42. The average molecular weight is 314 g/mol. The van der Waals surface area contributed by atoms with Crippen LogP contribution in [0.1, 0.15) is 12.8 Å². The zero-order valence-corrected chi connectivity index (χ0v) is 12.3. The SMILES string of the molecule is CNCC1(CCOc2ccc(Br)cc2)CCOC1. The van der Waals surface area contributed by atoms with Crippen LogP contribution >= 0.6 is 15.9 Å². The van der Waals surface area contributed by atoms with Crippen molar-refractivity contribution >= 4 is 15.9 Å². The fraction of sp³-hybridized carbons (Fsp3) is 0.571. The summed E-state index contributed by atoms with van der Waals surface area (Å²) in [5, 5.41) is 3.26. The summed E-state index contributed by atoms with van der Waals surface area (Å²) < 4.78 is 12.4. The molecule has 0 amide bonds. The molecular weight excluding hydrogens is 294 g/mol. The molecule has 2 rings (SSSR count). The molecule has 0 aromatic heterocycles. The molecule has 1 aliphatic heterocycles. The summed E-state index contributed by atoms with van der Waals surface area (Å²) in [6.45, 7) is 3.46. The first-order chi connectivity index (χ1) is 8.74. The number of rotatable bonds is 6. The number of ether oxygens (including phenoxy) is 2. The maximum Gasteiger partial charge on any atom is 0.119 e. The highest BCUT2D eigenvalue weighted by Gasteiger charge is 2.33. The van der Waals surface area contributed by atoms with Gasteiger partial charge in [0, 0.05) is 23.0 Å².